The molecule has 0 atom stereocenters. The first-order valence-corrected chi connectivity index (χ1v) is 6.28. The Morgan fingerprint density at radius 3 is 2.20 bits per heavy atom. The van der Waals surface area contributed by atoms with E-state index in [1.54, 1.807) is 24.3 Å². The maximum absolute atomic E-state index is 11.4. The van der Waals surface area contributed by atoms with Crippen molar-refractivity contribution in [2.24, 2.45) is 0 Å². The molecule has 82 valence electrons. The molecule has 1 aromatic rings. The third kappa shape index (κ3) is 3.06. The van der Waals surface area contributed by atoms with E-state index in [1.165, 1.54) is 0 Å². The molecule has 4 nitrogen and oxygen atoms in total. The van der Waals surface area contributed by atoms with Gasteiger partial charge in [0.15, 0.2) is 0 Å². The first kappa shape index (κ1) is 11.7. The first-order chi connectivity index (χ1) is 6.95. The minimum atomic E-state index is -3.39. The van der Waals surface area contributed by atoms with Crippen LogP contribution in [0.25, 0.3) is 0 Å². The average Bonchev–Trinajstić information content (AvgIpc) is 2.14. The fourth-order valence-corrected chi connectivity index (χ4v) is 2.05. The SMILES string of the molecule is Cc1ccc(N(CC=O)S(C)(=O)=O)cc1. The third-order valence-corrected chi connectivity index (χ3v) is 3.12. The number of rotatable bonds is 4. The second-order valence-corrected chi connectivity index (χ2v) is 5.20. The van der Waals surface area contributed by atoms with Gasteiger partial charge >= 0.3 is 0 Å². The monoisotopic (exact) mass is 227 g/mol. The number of hydrogen-bond acceptors (Lipinski definition) is 3. The van der Waals surface area contributed by atoms with Crippen molar-refractivity contribution in [1.82, 2.24) is 0 Å². The quantitative estimate of drug-likeness (QED) is 0.720. The van der Waals surface area contributed by atoms with E-state index in [9.17, 15) is 13.2 Å². The second-order valence-electron chi connectivity index (χ2n) is 3.30. The van der Waals surface area contributed by atoms with Gasteiger partial charge < -0.3 is 4.79 Å². The van der Waals surface area contributed by atoms with Gasteiger partial charge in [0.25, 0.3) is 0 Å². The Balaban J connectivity index is 3.10. The molecule has 0 heterocycles. The highest BCUT2D eigenvalue weighted by atomic mass is 32.2. The molecule has 0 amide bonds. The number of aryl methyl sites for hydroxylation is 1. The van der Waals surface area contributed by atoms with Crippen LogP contribution in [0.3, 0.4) is 0 Å². The average molecular weight is 227 g/mol. The molecule has 0 N–H and O–H groups in total. The van der Waals surface area contributed by atoms with Crippen molar-refractivity contribution in [2.75, 3.05) is 17.1 Å². The fraction of sp³-hybridized carbons (Fsp3) is 0.300. The van der Waals surface area contributed by atoms with Crippen molar-refractivity contribution in [1.29, 1.82) is 0 Å². The van der Waals surface area contributed by atoms with Gasteiger partial charge in [-0.05, 0) is 19.1 Å². The molecule has 1 aromatic carbocycles. The molecule has 0 saturated carbocycles. The summed E-state index contributed by atoms with van der Waals surface area (Å²) in [6, 6.07) is 6.97. The van der Waals surface area contributed by atoms with Gasteiger partial charge in [0.2, 0.25) is 10.0 Å². The van der Waals surface area contributed by atoms with Crippen LogP contribution >= 0.6 is 0 Å². The van der Waals surface area contributed by atoms with E-state index in [1.807, 2.05) is 6.92 Å². The number of sulfonamides is 1. The van der Waals surface area contributed by atoms with E-state index in [0.29, 0.717) is 12.0 Å². The summed E-state index contributed by atoms with van der Waals surface area (Å²) in [6.07, 6.45) is 1.65. The summed E-state index contributed by atoms with van der Waals surface area (Å²) in [5, 5.41) is 0. The van der Waals surface area contributed by atoms with Crippen LogP contribution < -0.4 is 4.31 Å². The van der Waals surface area contributed by atoms with Crippen LogP contribution in [0.2, 0.25) is 0 Å². The lowest BCUT2D eigenvalue weighted by atomic mass is 10.2. The van der Waals surface area contributed by atoms with Gasteiger partial charge in [0.05, 0.1) is 18.5 Å². The van der Waals surface area contributed by atoms with Crippen molar-refractivity contribution < 1.29 is 13.2 Å². The van der Waals surface area contributed by atoms with E-state index in [4.69, 9.17) is 0 Å². The van der Waals surface area contributed by atoms with E-state index >= 15 is 0 Å². The number of aldehydes is 1. The minimum Gasteiger partial charge on any atom is -0.301 e. The largest absolute Gasteiger partial charge is 0.301 e. The Labute approximate surface area is 89.6 Å². The van der Waals surface area contributed by atoms with Gasteiger partial charge in [-0.1, -0.05) is 17.7 Å². The molecule has 0 aromatic heterocycles. The second kappa shape index (κ2) is 4.44. The lowest BCUT2D eigenvalue weighted by Crippen LogP contribution is -2.31. The highest BCUT2D eigenvalue weighted by molar-refractivity contribution is 7.92. The van der Waals surface area contributed by atoms with Crippen molar-refractivity contribution in [2.45, 2.75) is 6.92 Å². The molecule has 0 aliphatic carbocycles. The number of carbonyl (C=O) groups is 1. The summed E-state index contributed by atoms with van der Waals surface area (Å²) in [5.74, 6) is 0. The highest BCUT2D eigenvalue weighted by Gasteiger charge is 2.15. The molecule has 0 radical (unpaired) electrons. The summed E-state index contributed by atoms with van der Waals surface area (Å²) in [7, 11) is -3.39. The Morgan fingerprint density at radius 2 is 1.80 bits per heavy atom. The normalized spacial score (nSPS) is 11.1. The Morgan fingerprint density at radius 1 is 1.27 bits per heavy atom. The summed E-state index contributed by atoms with van der Waals surface area (Å²) >= 11 is 0. The molecule has 0 unspecified atom stereocenters. The molecular weight excluding hydrogens is 214 g/mol. The van der Waals surface area contributed by atoms with E-state index in [2.05, 4.69) is 0 Å². The van der Waals surface area contributed by atoms with E-state index in [-0.39, 0.29) is 6.54 Å². The Hall–Kier alpha value is -1.36. The van der Waals surface area contributed by atoms with Crippen molar-refractivity contribution in [3.8, 4) is 0 Å². The Bertz CT molecular complexity index is 436. The fourth-order valence-electron chi connectivity index (χ4n) is 1.21. The molecule has 0 aliphatic heterocycles. The van der Waals surface area contributed by atoms with Crippen LogP contribution in [0.1, 0.15) is 5.56 Å². The van der Waals surface area contributed by atoms with Crippen LogP contribution in [-0.4, -0.2) is 27.5 Å². The molecule has 0 aliphatic rings. The predicted octanol–water partition coefficient (Wildman–Crippen LogP) is 0.960. The predicted molar refractivity (Wildman–Crippen MR) is 59.4 cm³/mol. The topological polar surface area (TPSA) is 54.5 Å². The van der Waals surface area contributed by atoms with Gasteiger partial charge in [-0.25, -0.2) is 8.42 Å². The molecule has 0 fully saturated rings. The zero-order chi connectivity index (χ0) is 11.5. The van der Waals surface area contributed by atoms with Crippen molar-refractivity contribution >= 4 is 22.0 Å². The standard InChI is InChI=1S/C10H13NO3S/c1-9-3-5-10(6-4-9)11(7-8-12)15(2,13)14/h3-6,8H,7H2,1-2H3. The summed E-state index contributed by atoms with van der Waals surface area (Å²) < 4.78 is 23.8. The molecule has 0 bridgehead atoms. The zero-order valence-corrected chi connectivity index (χ0v) is 9.49. The summed E-state index contributed by atoms with van der Waals surface area (Å²) in [5.41, 5.74) is 1.55. The molecule has 0 spiro atoms. The third-order valence-electron chi connectivity index (χ3n) is 1.96. The highest BCUT2D eigenvalue weighted by Crippen LogP contribution is 2.17. The van der Waals surface area contributed by atoms with Crippen LogP contribution in [0.5, 0.6) is 0 Å². The van der Waals surface area contributed by atoms with E-state index < -0.39 is 10.0 Å². The number of benzene rings is 1. The number of nitrogens with zero attached hydrogens (tertiary/aromatic N) is 1. The maximum Gasteiger partial charge on any atom is 0.232 e. The smallest absolute Gasteiger partial charge is 0.232 e. The lowest BCUT2D eigenvalue weighted by molar-refractivity contribution is -0.106. The van der Waals surface area contributed by atoms with Crippen LogP contribution in [0.4, 0.5) is 5.69 Å². The van der Waals surface area contributed by atoms with Gasteiger partial charge in [-0.3, -0.25) is 4.31 Å². The molecule has 15 heavy (non-hydrogen) atoms. The van der Waals surface area contributed by atoms with Gasteiger partial charge in [-0.2, -0.15) is 0 Å². The van der Waals surface area contributed by atoms with Gasteiger partial charge in [0, 0.05) is 0 Å². The minimum absolute atomic E-state index is 0.151. The Kier molecular flexibility index (Phi) is 3.47. The number of hydrogen-bond donors (Lipinski definition) is 0. The maximum atomic E-state index is 11.4. The zero-order valence-electron chi connectivity index (χ0n) is 8.67. The summed E-state index contributed by atoms with van der Waals surface area (Å²) in [4.78, 5) is 10.4. The molecule has 1 rings (SSSR count). The van der Waals surface area contributed by atoms with Crippen LogP contribution in [-0.2, 0) is 14.8 Å². The summed E-state index contributed by atoms with van der Waals surface area (Å²) in [6.45, 7) is 1.76. The molecule has 0 saturated heterocycles. The number of carbonyl (C=O) groups excluding carboxylic acids is 1. The first-order valence-electron chi connectivity index (χ1n) is 4.43. The van der Waals surface area contributed by atoms with Crippen LogP contribution in [0, 0.1) is 6.92 Å². The van der Waals surface area contributed by atoms with Crippen molar-refractivity contribution in [3.05, 3.63) is 29.8 Å². The molecule has 5 heteroatoms. The van der Waals surface area contributed by atoms with E-state index in [0.717, 1.165) is 16.1 Å². The van der Waals surface area contributed by atoms with Crippen molar-refractivity contribution in [3.63, 3.8) is 0 Å². The molecular formula is C10H13NO3S. The van der Waals surface area contributed by atoms with Gasteiger partial charge in [0.1, 0.15) is 6.29 Å². The van der Waals surface area contributed by atoms with Crippen LogP contribution in [0.15, 0.2) is 24.3 Å². The number of anilines is 1. The lowest BCUT2D eigenvalue weighted by Gasteiger charge is -2.19. The van der Waals surface area contributed by atoms with Gasteiger partial charge in [-0.15, -0.1) is 0 Å².